The summed E-state index contributed by atoms with van der Waals surface area (Å²) in [7, 11) is 1.68. The van der Waals surface area contributed by atoms with E-state index in [1.54, 1.807) is 19.2 Å². The number of guanidine groups is 1. The van der Waals surface area contributed by atoms with Crippen LogP contribution in [0, 0.1) is 0 Å². The first-order chi connectivity index (χ1) is 10.3. The number of ether oxygens (including phenoxy) is 1. The van der Waals surface area contributed by atoms with Crippen LogP contribution in [0.1, 0.15) is 25.0 Å². The highest BCUT2D eigenvalue weighted by molar-refractivity contribution is 14.0. The summed E-state index contributed by atoms with van der Waals surface area (Å²) < 4.78 is 40.8. The van der Waals surface area contributed by atoms with E-state index in [1.165, 1.54) is 0 Å². The van der Waals surface area contributed by atoms with Crippen LogP contribution in [-0.4, -0.2) is 31.8 Å². The van der Waals surface area contributed by atoms with Gasteiger partial charge in [0.25, 0.3) is 0 Å². The predicted octanol–water partition coefficient (Wildman–Crippen LogP) is 3.46. The molecule has 0 spiro atoms. The summed E-state index contributed by atoms with van der Waals surface area (Å²) in [6.45, 7) is 3.24. The lowest BCUT2D eigenvalue weighted by Crippen LogP contribution is -2.40. The zero-order chi connectivity index (χ0) is 16.6. The van der Waals surface area contributed by atoms with Crippen LogP contribution in [0.3, 0.4) is 0 Å². The minimum atomic E-state index is -4.30. The molecule has 0 aliphatic heterocycles. The van der Waals surface area contributed by atoms with Crippen molar-refractivity contribution in [1.82, 2.24) is 10.6 Å². The first kappa shape index (κ1) is 22.0. The van der Waals surface area contributed by atoms with Crippen molar-refractivity contribution >= 4 is 29.9 Å². The Kier molecular flexibility index (Phi) is 10.2. The SMILES string of the molecule is CN=C(NCc1cccc(COCC(F)(F)F)c1)NC(C)C.I. The number of hydrogen-bond donors (Lipinski definition) is 2. The lowest BCUT2D eigenvalue weighted by Gasteiger charge is -2.15. The zero-order valence-electron chi connectivity index (χ0n) is 13.4. The summed E-state index contributed by atoms with van der Waals surface area (Å²) in [4.78, 5) is 4.09. The number of alkyl halides is 3. The second kappa shape index (κ2) is 10.7. The summed E-state index contributed by atoms with van der Waals surface area (Å²) in [5.74, 6) is 0.675. The molecule has 1 aromatic carbocycles. The van der Waals surface area contributed by atoms with E-state index in [4.69, 9.17) is 0 Å². The Morgan fingerprint density at radius 1 is 1.26 bits per heavy atom. The standard InChI is InChI=1S/C15H22F3N3O.HI/c1-11(2)21-14(19-3)20-8-12-5-4-6-13(7-12)9-22-10-15(16,17)18;/h4-7,11H,8-10H2,1-3H3,(H2,19,20,21);1H. The van der Waals surface area contributed by atoms with Crippen molar-refractivity contribution in [2.75, 3.05) is 13.7 Å². The summed E-state index contributed by atoms with van der Waals surface area (Å²) in [5, 5.41) is 6.30. The summed E-state index contributed by atoms with van der Waals surface area (Å²) in [6.07, 6.45) is -4.30. The van der Waals surface area contributed by atoms with Gasteiger partial charge in [-0.1, -0.05) is 24.3 Å². The molecule has 0 aliphatic rings. The number of rotatable bonds is 6. The zero-order valence-corrected chi connectivity index (χ0v) is 15.7. The molecule has 23 heavy (non-hydrogen) atoms. The molecule has 0 aliphatic carbocycles. The van der Waals surface area contributed by atoms with E-state index in [-0.39, 0.29) is 36.6 Å². The topological polar surface area (TPSA) is 45.7 Å². The van der Waals surface area contributed by atoms with Crippen LogP contribution in [0.5, 0.6) is 0 Å². The normalized spacial score (nSPS) is 12.0. The Morgan fingerprint density at radius 3 is 2.48 bits per heavy atom. The van der Waals surface area contributed by atoms with Gasteiger partial charge >= 0.3 is 6.18 Å². The van der Waals surface area contributed by atoms with Gasteiger partial charge in [-0.3, -0.25) is 4.99 Å². The lowest BCUT2D eigenvalue weighted by atomic mass is 10.1. The molecular formula is C15H23F3IN3O. The minimum Gasteiger partial charge on any atom is -0.367 e. The molecule has 0 fully saturated rings. The van der Waals surface area contributed by atoms with Crippen LogP contribution >= 0.6 is 24.0 Å². The van der Waals surface area contributed by atoms with Crippen molar-refractivity contribution in [3.63, 3.8) is 0 Å². The molecule has 1 aromatic rings. The first-order valence-corrected chi connectivity index (χ1v) is 6.99. The van der Waals surface area contributed by atoms with E-state index >= 15 is 0 Å². The fourth-order valence-electron chi connectivity index (χ4n) is 1.77. The van der Waals surface area contributed by atoms with Crippen molar-refractivity contribution in [1.29, 1.82) is 0 Å². The number of aliphatic imine (C=N–C) groups is 1. The van der Waals surface area contributed by atoms with Gasteiger partial charge in [-0.05, 0) is 25.0 Å². The maximum Gasteiger partial charge on any atom is 0.411 e. The first-order valence-electron chi connectivity index (χ1n) is 6.99. The highest BCUT2D eigenvalue weighted by Crippen LogP contribution is 2.16. The quantitative estimate of drug-likeness (QED) is 0.401. The van der Waals surface area contributed by atoms with Gasteiger partial charge < -0.3 is 15.4 Å². The molecule has 8 heteroatoms. The molecule has 132 valence electrons. The molecule has 4 nitrogen and oxygen atoms in total. The Hall–Kier alpha value is -1.03. The molecule has 0 saturated heterocycles. The number of hydrogen-bond acceptors (Lipinski definition) is 2. The second-order valence-electron chi connectivity index (χ2n) is 5.15. The monoisotopic (exact) mass is 445 g/mol. The molecule has 0 amide bonds. The van der Waals surface area contributed by atoms with Gasteiger partial charge in [0.15, 0.2) is 5.96 Å². The third kappa shape index (κ3) is 10.4. The highest BCUT2D eigenvalue weighted by Gasteiger charge is 2.27. The number of benzene rings is 1. The predicted molar refractivity (Wildman–Crippen MR) is 96.0 cm³/mol. The largest absolute Gasteiger partial charge is 0.411 e. The van der Waals surface area contributed by atoms with Crippen molar-refractivity contribution in [3.8, 4) is 0 Å². The molecule has 0 heterocycles. The fraction of sp³-hybridized carbons (Fsp3) is 0.533. The van der Waals surface area contributed by atoms with Crippen LogP contribution in [0.4, 0.5) is 13.2 Å². The molecule has 1 rings (SSSR count). The van der Waals surface area contributed by atoms with E-state index in [9.17, 15) is 13.2 Å². The molecule has 0 bridgehead atoms. The van der Waals surface area contributed by atoms with Gasteiger partial charge in [0, 0.05) is 19.6 Å². The molecule has 0 atom stereocenters. The Morgan fingerprint density at radius 2 is 1.91 bits per heavy atom. The maximum absolute atomic E-state index is 12.0. The van der Waals surface area contributed by atoms with Crippen LogP contribution < -0.4 is 10.6 Å². The second-order valence-corrected chi connectivity index (χ2v) is 5.15. The van der Waals surface area contributed by atoms with Gasteiger partial charge in [0.1, 0.15) is 6.61 Å². The van der Waals surface area contributed by atoms with Gasteiger partial charge in [-0.15, -0.1) is 24.0 Å². The van der Waals surface area contributed by atoms with Crippen molar-refractivity contribution < 1.29 is 17.9 Å². The van der Waals surface area contributed by atoms with Gasteiger partial charge in [-0.25, -0.2) is 0 Å². The van der Waals surface area contributed by atoms with Gasteiger partial charge in [0.05, 0.1) is 6.61 Å². The molecule has 0 unspecified atom stereocenters. The summed E-state index contributed by atoms with van der Waals surface area (Å²) >= 11 is 0. The molecule has 0 radical (unpaired) electrons. The third-order valence-corrected chi connectivity index (χ3v) is 2.63. The molecular weight excluding hydrogens is 422 g/mol. The van der Waals surface area contributed by atoms with E-state index in [0.29, 0.717) is 18.1 Å². The average Bonchev–Trinajstić information content (AvgIpc) is 2.42. The molecule has 2 N–H and O–H groups in total. The van der Waals surface area contributed by atoms with E-state index in [0.717, 1.165) is 5.56 Å². The number of halogens is 4. The van der Waals surface area contributed by atoms with E-state index in [1.807, 2.05) is 26.0 Å². The van der Waals surface area contributed by atoms with Crippen molar-refractivity contribution in [3.05, 3.63) is 35.4 Å². The summed E-state index contributed by atoms with van der Waals surface area (Å²) in [5.41, 5.74) is 1.65. The highest BCUT2D eigenvalue weighted by atomic mass is 127. The van der Waals surface area contributed by atoms with Crippen LogP contribution in [0.2, 0.25) is 0 Å². The lowest BCUT2D eigenvalue weighted by molar-refractivity contribution is -0.176. The molecule has 0 aromatic heterocycles. The fourth-order valence-corrected chi connectivity index (χ4v) is 1.77. The molecule has 0 saturated carbocycles. The Bertz CT molecular complexity index is 493. The third-order valence-electron chi connectivity index (χ3n) is 2.63. The Balaban J connectivity index is 0.00000484. The summed E-state index contributed by atoms with van der Waals surface area (Å²) in [6, 6.07) is 7.49. The van der Waals surface area contributed by atoms with Gasteiger partial charge in [0.2, 0.25) is 0 Å². The van der Waals surface area contributed by atoms with E-state index in [2.05, 4.69) is 20.4 Å². The van der Waals surface area contributed by atoms with Gasteiger partial charge in [-0.2, -0.15) is 13.2 Å². The van der Waals surface area contributed by atoms with E-state index < -0.39 is 12.8 Å². The average molecular weight is 445 g/mol. The van der Waals surface area contributed by atoms with Crippen molar-refractivity contribution in [2.24, 2.45) is 4.99 Å². The van der Waals surface area contributed by atoms with Crippen LogP contribution in [0.15, 0.2) is 29.3 Å². The minimum absolute atomic E-state index is 0. The maximum atomic E-state index is 12.0. The Labute approximate surface area is 151 Å². The smallest absolute Gasteiger partial charge is 0.367 e. The van der Waals surface area contributed by atoms with Crippen LogP contribution in [-0.2, 0) is 17.9 Å². The number of nitrogens with zero attached hydrogens (tertiary/aromatic N) is 1. The van der Waals surface area contributed by atoms with Crippen molar-refractivity contribution in [2.45, 2.75) is 39.2 Å². The number of nitrogens with one attached hydrogen (secondary N) is 2. The van der Waals surface area contributed by atoms with Crippen LogP contribution in [0.25, 0.3) is 0 Å².